The van der Waals surface area contributed by atoms with Gasteiger partial charge in [-0.2, -0.15) is 0 Å². The fraction of sp³-hybridized carbons (Fsp3) is 0.0455. The zero-order valence-electron chi connectivity index (χ0n) is 23.5. The normalized spacial score (nSPS) is 18.4. The molecule has 0 aromatic heterocycles. The van der Waals surface area contributed by atoms with Gasteiger partial charge >= 0.3 is 0 Å². The number of rotatable bonds is 0. The molecule has 3 aliphatic carbocycles. The Bertz CT molecular complexity index is 2840. The van der Waals surface area contributed by atoms with Crippen LogP contribution in [0.3, 0.4) is 0 Å². The molecule has 12 aromatic rings. The van der Waals surface area contributed by atoms with Crippen molar-refractivity contribution in [1.29, 1.82) is 0 Å². The molecule has 196 valence electrons. The predicted octanol–water partition coefficient (Wildman–Crippen LogP) is 12.0. The van der Waals surface area contributed by atoms with Crippen LogP contribution in [0.2, 0.25) is 0 Å². The van der Waals surface area contributed by atoms with E-state index in [1.165, 1.54) is 108 Å². The maximum atomic E-state index is 2.55. The van der Waals surface area contributed by atoms with Crippen molar-refractivity contribution in [1.82, 2.24) is 0 Å². The van der Waals surface area contributed by atoms with E-state index < -0.39 is 0 Å². The van der Waals surface area contributed by atoms with Crippen LogP contribution < -0.4 is 0 Å². The molecular weight excluding hydrogens is 528 g/mol. The molecule has 2 bridgehead atoms. The first kappa shape index (κ1) is 20.4. The van der Waals surface area contributed by atoms with Crippen LogP contribution in [0.1, 0.15) is 34.1 Å². The molecule has 0 heterocycles. The first-order chi connectivity index (χ1) is 21.8. The Kier molecular flexibility index (Phi) is 2.84. The molecule has 0 unspecified atom stereocenters. The van der Waals surface area contributed by atoms with E-state index in [1.807, 2.05) is 0 Å². The van der Waals surface area contributed by atoms with Crippen molar-refractivity contribution in [3.8, 4) is 0 Å². The number of allylic oxidation sites excluding steroid dienone is 2. The van der Waals surface area contributed by atoms with Crippen LogP contribution >= 0.6 is 0 Å². The highest BCUT2D eigenvalue weighted by atomic mass is 14.4. The molecule has 0 saturated heterocycles. The molecule has 12 aromatic carbocycles. The smallest absolute Gasteiger partial charge is 0.0288 e. The quantitative estimate of drug-likeness (QED) is 0.131. The fourth-order valence-corrected chi connectivity index (χ4v) is 10.9. The number of hydrogen-bond donors (Lipinski definition) is 0. The van der Waals surface area contributed by atoms with E-state index in [2.05, 4.69) is 109 Å². The van der Waals surface area contributed by atoms with Crippen LogP contribution in [0.15, 0.2) is 109 Å². The van der Waals surface area contributed by atoms with Gasteiger partial charge in [0.1, 0.15) is 0 Å². The molecule has 0 nitrogen and oxygen atoms in total. The fourth-order valence-electron chi connectivity index (χ4n) is 10.9. The van der Waals surface area contributed by atoms with Crippen molar-refractivity contribution in [2.45, 2.75) is 11.8 Å². The van der Waals surface area contributed by atoms with Gasteiger partial charge in [0.25, 0.3) is 0 Å². The van der Waals surface area contributed by atoms with Crippen molar-refractivity contribution in [2.75, 3.05) is 0 Å². The van der Waals surface area contributed by atoms with Gasteiger partial charge in [0, 0.05) is 11.8 Å². The van der Waals surface area contributed by atoms with Gasteiger partial charge in [-0.1, -0.05) is 109 Å². The molecule has 0 fully saturated rings. The summed E-state index contributed by atoms with van der Waals surface area (Å²) in [6.07, 6.45) is 5.10. The number of benzene rings is 10. The predicted molar refractivity (Wildman–Crippen MR) is 188 cm³/mol. The van der Waals surface area contributed by atoms with Crippen LogP contribution in [-0.2, 0) is 0 Å². The third kappa shape index (κ3) is 1.81. The molecule has 0 N–H and O–H groups in total. The first-order valence-electron chi connectivity index (χ1n) is 15.9. The minimum Gasteiger partial charge on any atom is -0.0756 e. The van der Waals surface area contributed by atoms with E-state index in [1.54, 1.807) is 22.3 Å². The Hall–Kier alpha value is -5.46. The maximum absolute atomic E-state index is 2.55. The summed E-state index contributed by atoms with van der Waals surface area (Å²) in [5.74, 6) is 0.483. The zero-order valence-corrected chi connectivity index (χ0v) is 23.5. The van der Waals surface area contributed by atoms with Gasteiger partial charge in [0.05, 0.1) is 0 Å². The lowest BCUT2D eigenvalue weighted by atomic mass is 9.63. The largest absolute Gasteiger partial charge is 0.0756 e. The Balaban J connectivity index is 1.26. The van der Waals surface area contributed by atoms with Gasteiger partial charge < -0.3 is 0 Å². The maximum Gasteiger partial charge on any atom is 0.0288 e. The second kappa shape index (κ2) is 6.11. The molecule has 44 heavy (non-hydrogen) atoms. The Labute approximate surface area is 250 Å². The van der Waals surface area contributed by atoms with E-state index in [9.17, 15) is 0 Å². The van der Waals surface area contributed by atoms with Gasteiger partial charge in [-0.3, -0.25) is 0 Å². The molecule has 0 amide bonds. The number of hydrogen-bond acceptors (Lipinski definition) is 0. The third-order valence-corrected chi connectivity index (χ3v) is 12.3. The van der Waals surface area contributed by atoms with Crippen molar-refractivity contribution < 1.29 is 0 Å². The standard InChI is InChI=1S/C44H20/c1-5-21-9-13-27-37-25-17-18-26(38(37)28-14-10-22-6-2-19(1)31-33(21)41(27)42(28)34(22)31)40-30-16-12-24-8-4-20-3-7-23-11-15-29(39(25)40)43-35(23)32(20)36(24)44(30)43/h1-18,25-26H. The van der Waals surface area contributed by atoms with Gasteiger partial charge in [-0.05, 0) is 130 Å². The lowest BCUT2D eigenvalue weighted by molar-refractivity contribution is 0.843. The van der Waals surface area contributed by atoms with Crippen LogP contribution in [-0.4, -0.2) is 0 Å². The summed E-state index contributed by atoms with van der Waals surface area (Å²) < 4.78 is 0. The summed E-state index contributed by atoms with van der Waals surface area (Å²) in [7, 11) is 0. The highest BCUT2D eigenvalue weighted by molar-refractivity contribution is 6.47. The zero-order chi connectivity index (χ0) is 27.7. The van der Waals surface area contributed by atoms with E-state index >= 15 is 0 Å². The summed E-state index contributed by atoms with van der Waals surface area (Å²) in [6, 6.07) is 38.0. The highest BCUT2D eigenvalue weighted by Crippen LogP contribution is 2.62. The van der Waals surface area contributed by atoms with Gasteiger partial charge in [-0.15, -0.1) is 0 Å². The molecule has 0 spiro atoms. The van der Waals surface area contributed by atoms with E-state index in [4.69, 9.17) is 0 Å². The average Bonchev–Trinajstić information content (AvgIpc) is 3.64. The summed E-state index contributed by atoms with van der Waals surface area (Å²) in [6.45, 7) is 0. The van der Waals surface area contributed by atoms with Gasteiger partial charge in [-0.25, -0.2) is 0 Å². The lowest BCUT2D eigenvalue weighted by Crippen LogP contribution is -2.22. The Morgan fingerprint density at radius 3 is 0.682 bits per heavy atom. The summed E-state index contributed by atoms with van der Waals surface area (Å²) in [4.78, 5) is 0. The first-order valence-corrected chi connectivity index (χ1v) is 15.9. The minimum absolute atomic E-state index is 0.242. The second-order valence-electron chi connectivity index (χ2n) is 13.8. The van der Waals surface area contributed by atoms with Crippen molar-refractivity contribution in [2.24, 2.45) is 0 Å². The molecule has 0 aliphatic heterocycles. The monoisotopic (exact) mass is 548 g/mol. The lowest BCUT2D eigenvalue weighted by Gasteiger charge is -2.39. The Morgan fingerprint density at radius 2 is 0.432 bits per heavy atom. The van der Waals surface area contributed by atoms with E-state index in [0.717, 1.165) is 0 Å². The second-order valence-corrected chi connectivity index (χ2v) is 13.8. The summed E-state index contributed by atoms with van der Waals surface area (Å²) in [5.41, 5.74) is 6.21. The third-order valence-electron chi connectivity index (χ3n) is 12.3. The van der Waals surface area contributed by atoms with Crippen LogP contribution in [0, 0.1) is 0 Å². The molecule has 0 heteroatoms. The molecule has 0 saturated carbocycles. The Morgan fingerprint density at radius 1 is 0.227 bits per heavy atom. The molecule has 15 rings (SSSR count). The minimum atomic E-state index is 0.242. The van der Waals surface area contributed by atoms with E-state index in [-0.39, 0.29) is 11.8 Å². The molecular formula is C44H20. The van der Waals surface area contributed by atoms with Crippen LogP contribution in [0.5, 0.6) is 0 Å². The summed E-state index contributed by atoms with van der Waals surface area (Å²) >= 11 is 0. The highest BCUT2D eigenvalue weighted by Gasteiger charge is 2.41. The van der Waals surface area contributed by atoms with E-state index in [0.29, 0.717) is 0 Å². The topological polar surface area (TPSA) is 0 Å². The van der Waals surface area contributed by atoms with Crippen LogP contribution in [0.4, 0.5) is 0 Å². The van der Waals surface area contributed by atoms with Crippen molar-refractivity contribution >= 4 is 108 Å². The van der Waals surface area contributed by atoms with Crippen molar-refractivity contribution in [3.63, 3.8) is 0 Å². The van der Waals surface area contributed by atoms with Gasteiger partial charge in [0.2, 0.25) is 0 Å². The van der Waals surface area contributed by atoms with Crippen molar-refractivity contribution in [3.05, 3.63) is 131 Å². The SMILES string of the molecule is C1=CC2c3c(c4ccc5ccc6ccc7ccc3c3c7c6c5c43)C1c1c2c2ccc3ccc4ccc5ccc1c1c5c4c3c21. The summed E-state index contributed by atoms with van der Waals surface area (Å²) in [5, 5.41) is 28.8. The molecule has 3 aliphatic rings. The molecule has 0 atom stereocenters. The van der Waals surface area contributed by atoms with Crippen LogP contribution in [0.25, 0.3) is 108 Å². The van der Waals surface area contributed by atoms with Gasteiger partial charge in [0.15, 0.2) is 0 Å². The average molecular weight is 549 g/mol. The molecule has 0 radical (unpaired) electrons.